The molecule has 4 N–H and O–H groups in total. The summed E-state index contributed by atoms with van der Waals surface area (Å²) in [4.78, 5) is 26.8. The Labute approximate surface area is 260 Å². The minimum Gasteiger partial charge on any atom is -0.454 e. The van der Waals surface area contributed by atoms with E-state index in [0.29, 0.717) is 17.9 Å². The van der Waals surface area contributed by atoms with Gasteiger partial charge in [-0.1, -0.05) is 65.0 Å². The number of fused-ring (bicyclic) bond motifs is 1. The molecule has 1 saturated heterocycles. The number of sulfonamides is 1. The van der Waals surface area contributed by atoms with E-state index in [9.17, 15) is 23.1 Å². The van der Waals surface area contributed by atoms with Crippen molar-refractivity contribution < 1.29 is 32.6 Å². The van der Waals surface area contributed by atoms with E-state index in [4.69, 9.17) is 9.47 Å². The van der Waals surface area contributed by atoms with Crippen molar-refractivity contribution in [2.75, 3.05) is 26.4 Å². The zero-order valence-electron chi connectivity index (χ0n) is 26.2. The topological polar surface area (TPSA) is 146 Å². The number of rotatable bonds is 13. The molecule has 0 aromatic heterocycles. The van der Waals surface area contributed by atoms with Crippen molar-refractivity contribution in [3.05, 3.63) is 54.1 Å². The molecule has 2 amide bonds. The Morgan fingerprint density at radius 2 is 1.75 bits per heavy atom. The third-order valence-corrected chi connectivity index (χ3v) is 9.65. The van der Waals surface area contributed by atoms with E-state index in [1.54, 1.807) is 6.07 Å². The standard InChI is InChI=1S/C32H46N4O7S/c1-21(2)18-36(44(40,41)23-13-14-27-28(17-23)43-20-42-27)19-26(37)25(16-22-10-7-6-8-11-22)34-31(39)29(32(3,4)5)35-30(38)24-12-9-15-33-24/h6-8,10-11,13-14,17,21,24-26,29,33,37H,9,12,15-16,18-20H2,1-5H3,(H,34,39)(H,35,38). The molecule has 11 nitrogen and oxygen atoms in total. The number of amides is 2. The molecule has 0 spiro atoms. The van der Waals surface area contributed by atoms with Gasteiger partial charge in [0.1, 0.15) is 6.04 Å². The molecule has 0 bridgehead atoms. The largest absolute Gasteiger partial charge is 0.454 e. The molecular formula is C32H46N4O7S. The van der Waals surface area contributed by atoms with Crippen LogP contribution in [0.3, 0.4) is 0 Å². The molecule has 1 fully saturated rings. The Morgan fingerprint density at radius 1 is 1.05 bits per heavy atom. The molecule has 0 aliphatic carbocycles. The van der Waals surface area contributed by atoms with Gasteiger partial charge in [-0.2, -0.15) is 4.31 Å². The molecular weight excluding hydrogens is 584 g/mol. The maximum absolute atomic E-state index is 13.9. The number of hydrogen-bond donors (Lipinski definition) is 4. The van der Waals surface area contributed by atoms with Gasteiger partial charge in [-0.25, -0.2) is 8.42 Å². The van der Waals surface area contributed by atoms with Crippen molar-refractivity contribution in [3.8, 4) is 11.5 Å². The van der Waals surface area contributed by atoms with E-state index < -0.39 is 39.5 Å². The van der Waals surface area contributed by atoms with Crippen LogP contribution in [0.4, 0.5) is 0 Å². The number of aliphatic hydroxyl groups is 1. The van der Waals surface area contributed by atoms with E-state index in [1.807, 2.05) is 65.0 Å². The van der Waals surface area contributed by atoms with E-state index in [2.05, 4.69) is 16.0 Å². The first kappa shape index (κ1) is 33.7. The van der Waals surface area contributed by atoms with Gasteiger partial charge in [0.15, 0.2) is 11.5 Å². The van der Waals surface area contributed by atoms with Crippen molar-refractivity contribution in [2.24, 2.45) is 11.3 Å². The molecule has 4 atom stereocenters. The van der Waals surface area contributed by atoms with Crippen LogP contribution in [0.25, 0.3) is 0 Å². The Morgan fingerprint density at radius 3 is 2.39 bits per heavy atom. The zero-order valence-corrected chi connectivity index (χ0v) is 27.0. The van der Waals surface area contributed by atoms with Crippen LogP contribution in [0.5, 0.6) is 11.5 Å². The second-order valence-corrected chi connectivity index (χ2v) is 15.0. The van der Waals surface area contributed by atoms with E-state index in [1.165, 1.54) is 16.4 Å². The second kappa shape index (κ2) is 14.3. The highest BCUT2D eigenvalue weighted by Crippen LogP contribution is 2.35. The molecule has 2 aromatic rings. The first-order chi connectivity index (χ1) is 20.8. The molecule has 4 unspecified atom stereocenters. The van der Waals surface area contributed by atoms with Crippen molar-refractivity contribution in [2.45, 2.75) is 83.0 Å². The van der Waals surface area contributed by atoms with E-state index in [-0.39, 0.29) is 49.1 Å². The molecule has 2 aliphatic rings. The monoisotopic (exact) mass is 630 g/mol. The first-order valence-corrected chi connectivity index (χ1v) is 16.7. The third kappa shape index (κ3) is 8.50. The summed E-state index contributed by atoms with van der Waals surface area (Å²) in [7, 11) is -4.05. The quantitative estimate of drug-likeness (QED) is 0.264. The van der Waals surface area contributed by atoms with Gasteiger partial charge in [0.05, 0.1) is 23.1 Å². The fraction of sp³-hybridized carbons (Fsp3) is 0.562. The van der Waals surface area contributed by atoms with Crippen LogP contribution in [-0.2, 0) is 26.0 Å². The molecule has 242 valence electrons. The molecule has 0 saturated carbocycles. The van der Waals surface area contributed by atoms with Crippen molar-refractivity contribution in [1.82, 2.24) is 20.3 Å². The van der Waals surface area contributed by atoms with Gasteiger partial charge in [0.25, 0.3) is 0 Å². The Bertz CT molecular complexity index is 1390. The van der Waals surface area contributed by atoms with Gasteiger partial charge < -0.3 is 30.5 Å². The van der Waals surface area contributed by atoms with Crippen molar-refractivity contribution >= 4 is 21.8 Å². The van der Waals surface area contributed by atoms with Crippen molar-refractivity contribution in [3.63, 3.8) is 0 Å². The summed E-state index contributed by atoms with van der Waals surface area (Å²) in [6, 6.07) is 11.7. The second-order valence-electron chi connectivity index (χ2n) is 13.1. The zero-order chi connectivity index (χ0) is 32.1. The molecule has 2 aromatic carbocycles. The number of ether oxygens (including phenoxy) is 2. The lowest BCUT2D eigenvalue weighted by Gasteiger charge is -2.35. The molecule has 4 rings (SSSR count). The summed E-state index contributed by atoms with van der Waals surface area (Å²) in [5.74, 6) is 0.0778. The van der Waals surface area contributed by atoms with Crippen LogP contribution in [0, 0.1) is 11.3 Å². The lowest BCUT2D eigenvalue weighted by Crippen LogP contribution is -2.60. The fourth-order valence-electron chi connectivity index (χ4n) is 5.44. The number of benzene rings is 2. The van der Waals surface area contributed by atoms with Gasteiger partial charge in [-0.3, -0.25) is 9.59 Å². The van der Waals surface area contributed by atoms with E-state index in [0.717, 1.165) is 18.5 Å². The lowest BCUT2D eigenvalue weighted by molar-refractivity contribution is -0.133. The minimum absolute atomic E-state index is 0.0152. The number of nitrogens with zero attached hydrogens (tertiary/aromatic N) is 1. The number of nitrogens with one attached hydrogen (secondary N) is 3. The highest BCUT2D eigenvalue weighted by molar-refractivity contribution is 7.89. The van der Waals surface area contributed by atoms with Gasteiger partial charge in [0, 0.05) is 19.2 Å². The molecule has 0 radical (unpaired) electrons. The van der Waals surface area contributed by atoms with Crippen LogP contribution < -0.4 is 25.4 Å². The number of hydrogen-bond acceptors (Lipinski definition) is 8. The summed E-state index contributed by atoms with van der Waals surface area (Å²) < 4.78 is 39.7. The maximum Gasteiger partial charge on any atom is 0.243 e. The summed E-state index contributed by atoms with van der Waals surface area (Å²) in [6.07, 6.45) is 0.568. The Kier molecular flexibility index (Phi) is 10.9. The predicted octanol–water partition coefficient (Wildman–Crippen LogP) is 2.43. The summed E-state index contributed by atoms with van der Waals surface area (Å²) in [6.45, 7) is 10.0. The first-order valence-electron chi connectivity index (χ1n) is 15.2. The SMILES string of the molecule is CC(C)CN(CC(O)C(Cc1ccccc1)NC(=O)C(NC(=O)C1CCCN1)C(C)(C)C)S(=O)(=O)c1ccc2c(c1)OCO2. The summed E-state index contributed by atoms with van der Waals surface area (Å²) in [5, 5.41) is 20.7. The number of carbonyl (C=O) groups excluding carboxylic acids is 2. The highest BCUT2D eigenvalue weighted by Gasteiger charge is 2.38. The van der Waals surface area contributed by atoms with Gasteiger partial charge in [-0.15, -0.1) is 0 Å². The molecule has 2 aliphatic heterocycles. The van der Waals surface area contributed by atoms with Crippen LogP contribution >= 0.6 is 0 Å². The van der Waals surface area contributed by atoms with Crippen LogP contribution in [0.1, 0.15) is 53.0 Å². The lowest BCUT2D eigenvalue weighted by atomic mass is 9.85. The molecule has 44 heavy (non-hydrogen) atoms. The molecule has 2 heterocycles. The number of aliphatic hydroxyl groups excluding tert-OH is 1. The van der Waals surface area contributed by atoms with Crippen LogP contribution in [0.15, 0.2) is 53.4 Å². The van der Waals surface area contributed by atoms with Gasteiger partial charge >= 0.3 is 0 Å². The van der Waals surface area contributed by atoms with Gasteiger partial charge in [-0.05, 0) is 54.8 Å². The Balaban J connectivity index is 1.58. The average molecular weight is 631 g/mol. The number of carbonyl (C=O) groups is 2. The summed E-state index contributed by atoms with van der Waals surface area (Å²) >= 11 is 0. The summed E-state index contributed by atoms with van der Waals surface area (Å²) in [5.41, 5.74) is 0.227. The smallest absolute Gasteiger partial charge is 0.243 e. The van der Waals surface area contributed by atoms with Crippen LogP contribution in [0.2, 0.25) is 0 Å². The predicted molar refractivity (Wildman–Crippen MR) is 167 cm³/mol. The highest BCUT2D eigenvalue weighted by atomic mass is 32.2. The van der Waals surface area contributed by atoms with Gasteiger partial charge in [0.2, 0.25) is 28.6 Å². The maximum atomic E-state index is 13.9. The normalized spacial score (nSPS) is 18.7. The van der Waals surface area contributed by atoms with Crippen molar-refractivity contribution in [1.29, 1.82) is 0 Å². The fourth-order valence-corrected chi connectivity index (χ4v) is 7.08. The molecule has 12 heteroatoms. The average Bonchev–Trinajstić information content (AvgIpc) is 3.67. The third-order valence-electron chi connectivity index (χ3n) is 7.82. The Hall–Kier alpha value is -3.19. The van der Waals surface area contributed by atoms with Crippen LogP contribution in [-0.4, -0.2) is 80.3 Å². The minimum atomic E-state index is -4.05. The van der Waals surface area contributed by atoms with E-state index >= 15 is 0 Å².